The van der Waals surface area contributed by atoms with Crippen molar-refractivity contribution in [1.29, 1.82) is 0 Å². The summed E-state index contributed by atoms with van der Waals surface area (Å²) in [6.07, 6.45) is 3.46. The molecule has 0 amide bonds. The molecule has 0 bridgehead atoms. The number of nitrogens with zero attached hydrogens (tertiary/aromatic N) is 3. The molecule has 0 radical (unpaired) electrons. The van der Waals surface area contributed by atoms with Crippen LogP contribution in [0.15, 0.2) is 28.9 Å². The molecular weight excluding hydrogens is 304 g/mol. The van der Waals surface area contributed by atoms with Crippen molar-refractivity contribution in [2.45, 2.75) is 32.7 Å². The monoisotopic (exact) mass is 320 g/mol. The first-order chi connectivity index (χ1) is 9.08. The molecule has 19 heavy (non-hydrogen) atoms. The van der Waals surface area contributed by atoms with Gasteiger partial charge in [-0.15, -0.1) is 0 Å². The first kappa shape index (κ1) is 14.1. The molecule has 0 aliphatic rings. The number of nitrogens with two attached hydrogens (primary N) is 1. The summed E-state index contributed by atoms with van der Waals surface area (Å²) in [5, 5.41) is 0. The Labute approximate surface area is 121 Å². The highest BCUT2D eigenvalue weighted by Gasteiger charge is 2.08. The van der Waals surface area contributed by atoms with E-state index in [2.05, 4.69) is 37.8 Å². The minimum absolute atomic E-state index is 0.139. The molecular formula is C14H17BrN4. The van der Waals surface area contributed by atoms with Crippen molar-refractivity contribution < 1.29 is 0 Å². The maximum Gasteiger partial charge on any atom is 0.178 e. The third-order valence-corrected chi connectivity index (χ3v) is 3.33. The van der Waals surface area contributed by atoms with Crippen molar-refractivity contribution in [2.24, 2.45) is 5.73 Å². The highest BCUT2D eigenvalue weighted by molar-refractivity contribution is 9.10. The van der Waals surface area contributed by atoms with Gasteiger partial charge in [0.2, 0.25) is 0 Å². The quantitative estimate of drug-likeness (QED) is 0.940. The Balaban J connectivity index is 2.33. The van der Waals surface area contributed by atoms with Crippen molar-refractivity contribution in [3.05, 3.63) is 40.3 Å². The summed E-state index contributed by atoms with van der Waals surface area (Å²) < 4.78 is 0.942. The lowest BCUT2D eigenvalue weighted by Crippen LogP contribution is -2.22. The van der Waals surface area contributed by atoms with Crippen LogP contribution >= 0.6 is 15.9 Å². The van der Waals surface area contributed by atoms with Crippen LogP contribution in [0.4, 0.5) is 0 Å². The second-order valence-electron chi connectivity index (χ2n) is 4.56. The molecule has 2 aromatic heterocycles. The number of halogens is 1. The lowest BCUT2D eigenvalue weighted by molar-refractivity contribution is 0.635. The molecule has 100 valence electrons. The van der Waals surface area contributed by atoms with Gasteiger partial charge in [-0.2, -0.15) is 0 Å². The third kappa shape index (κ3) is 3.81. The Hall–Kier alpha value is -1.33. The molecule has 1 atom stereocenters. The number of hydrogen-bond donors (Lipinski definition) is 1. The molecule has 1 unspecified atom stereocenters. The van der Waals surface area contributed by atoms with Crippen LogP contribution in [0.2, 0.25) is 0 Å². The first-order valence-electron chi connectivity index (χ1n) is 6.30. The van der Waals surface area contributed by atoms with Gasteiger partial charge in [-0.3, -0.25) is 4.98 Å². The highest BCUT2D eigenvalue weighted by Crippen LogP contribution is 2.16. The predicted molar refractivity (Wildman–Crippen MR) is 79.7 cm³/mol. The van der Waals surface area contributed by atoms with E-state index in [-0.39, 0.29) is 6.04 Å². The number of pyridine rings is 1. The molecule has 2 N–H and O–H groups in total. The molecule has 2 heterocycles. The fraction of sp³-hybridized carbons (Fsp3) is 0.357. The van der Waals surface area contributed by atoms with Crippen LogP contribution in [-0.2, 0) is 6.42 Å². The van der Waals surface area contributed by atoms with Gasteiger partial charge in [0.25, 0.3) is 0 Å². The van der Waals surface area contributed by atoms with Crippen LogP contribution in [0.1, 0.15) is 24.7 Å². The molecule has 0 spiro atoms. The fourth-order valence-corrected chi connectivity index (χ4v) is 2.01. The SMILES string of the molecule is CCC(N)Cc1cc(C)nc(-c2ccc(Br)cn2)n1. The van der Waals surface area contributed by atoms with Gasteiger partial charge in [0.05, 0.1) is 0 Å². The predicted octanol–water partition coefficient (Wildman–Crippen LogP) is 2.89. The number of hydrogen-bond acceptors (Lipinski definition) is 4. The maximum absolute atomic E-state index is 5.98. The second-order valence-corrected chi connectivity index (χ2v) is 5.47. The van der Waals surface area contributed by atoms with Gasteiger partial charge >= 0.3 is 0 Å². The fourth-order valence-electron chi connectivity index (χ4n) is 1.77. The summed E-state index contributed by atoms with van der Waals surface area (Å²) in [7, 11) is 0. The van der Waals surface area contributed by atoms with E-state index >= 15 is 0 Å². The molecule has 0 aliphatic carbocycles. The lowest BCUT2D eigenvalue weighted by Gasteiger charge is -2.10. The van der Waals surface area contributed by atoms with Crippen LogP contribution in [0.25, 0.3) is 11.5 Å². The number of rotatable bonds is 4. The Morgan fingerprint density at radius 2 is 2.11 bits per heavy atom. The van der Waals surface area contributed by atoms with Crippen LogP contribution in [0, 0.1) is 6.92 Å². The van der Waals surface area contributed by atoms with E-state index in [1.807, 2.05) is 25.1 Å². The summed E-state index contributed by atoms with van der Waals surface area (Å²) in [6.45, 7) is 4.04. The van der Waals surface area contributed by atoms with Gasteiger partial charge in [-0.25, -0.2) is 9.97 Å². The van der Waals surface area contributed by atoms with Crippen molar-refractivity contribution in [1.82, 2.24) is 15.0 Å². The van der Waals surface area contributed by atoms with E-state index in [4.69, 9.17) is 5.73 Å². The Morgan fingerprint density at radius 3 is 2.74 bits per heavy atom. The average Bonchev–Trinajstić information content (AvgIpc) is 2.38. The largest absolute Gasteiger partial charge is 0.327 e. The van der Waals surface area contributed by atoms with Crippen LogP contribution in [0.3, 0.4) is 0 Å². The Bertz CT molecular complexity index is 554. The number of aryl methyl sites for hydroxylation is 1. The van der Waals surface area contributed by atoms with E-state index in [0.29, 0.717) is 5.82 Å². The molecule has 5 heteroatoms. The zero-order valence-corrected chi connectivity index (χ0v) is 12.7. The standard InChI is InChI=1S/C14H17BrN4/c1-3-11(16)7-12-6-9(2)18-14(19-12)13-5-4-10(15)8-17-13/h4-6,8,11H,3,7,16H2,1-2H3. The second kappa shape index (κ2) is 6.21. The summed E-state index contributed by atoms with van der Waals surface area (Å²) >= 11 is 3.37. The Kier molecular flexibility index (Phi) is 4.61. The Morgan fingerprint density at radius 1 is 1.32 bits per heavy atom. The summed E-state index contributed by atoms with van der Waals surface area (Å²) in [6, 6.07) is 5.96. The summed E-state index contributed by atoms with van der Waals surface area (Å²) in [5.74, 6) is 0.658. The molecule has 4 nitrogen and oxygen atoms in total. The minimum Gasteiger partial charge on any atom is -0.327 e. The summed E-state index contributed by atoms with van der Waals surface area (Å²) in [5.41, 5.74) is 8.67. The highest BCUT2D eigenvalue weighted by atomic mass is 79.9. The van der Waals surface area contributed by atoms with Crippen molar-refractivity contribution in [2.75, 3.05) is 0 Å². The summed E-state index contributed by atoms with van der Waals surface area (Å²) in [4.78, 5) is 13.3. The van der Waals surface area contributed by atoms with Crippen LogP contribution < -0.4 is 5.73 Å². The van der Waals surface area contributed by atoms with E-state index in [9.17, 15) is 0 Å². The van der Waals surface area contributed by atoms with E-state index in [1.165, 1.54) is 0 Å². The smallest absolute Gasteiger partial charge is 0.178 e. The topological polar surface area (TPSA) is 64.7 Å². The minimum atomic E-state index is 0.139. The number of aromatic nitrogens is 3. The van der Waals surface area contributed by atoms with E-state index in [0.717, 1.165) is 34.4 Å². The zero-order valence-electron chi connectivity index (χ0n) is 11.1. The van der Waals surface area contributed by atoms with E-state index in [1.54, 1.807) is 6.20 Å². The van der Waals surface area contributed by atoms with Crippen LogP contribution in [0.5, 0.6) is 0 Å². The van der Waals surface area contributed by atoms with Gasteiger partial charge in [0.15, 0.2) is 5.82 Å². The van der Waals surface area contributed by atoms with Gasteiger partial charge in [-0.1, -0.05) is 6.92 Å². The van der Waals surface area contributed by atoms with Gasteiger partial charge in [0, 0.05) is 34.5 Å². The van der Waals surface area contributed by atoms with Gasteiger partial charge < -0.3 is 5.73 Å². The average molecular weight is 321 g/mol. The lowest BCUT2D eigenvalue weighted by atomic mass is 10.1. The third-order valence-electron chi connectivity index (χ3n) is 2.86. The molecule has 0 aromatic carbocycles. The van der Waals surface area contributed by atoms with Crippen molar-refractivity contribution >= 4 is 15.9 Å². The molecule has 2 aromatic rings. The molecule has 0 aliphatic heterocycles. The van der Waals surface area contributed by atoms with Crippen molar-refractivity contribution in [3.63, 3.8) is 0 Å². The van der Waals surface area contributed by atoms with E-state index < -0.39 is 0 Å². The van der Waals surface area contributed by atoms with Crippen LogP contribution in [-0.4, -0.2) is 21.0 Å². The molecule has 0 fully saturated rings. The molecule has 2 rings (SSSR count). The molecule has 0 saturated carbocycles. The molecule has 0 saturated heterocycles. The van der Waals surface area contributed by atoms with Gasteiger partial charge in [-0.05, 0) is 47.5 Å². The normalized spacial score (nSPS) is 12.4. The van der Waals surface area contributed by atoms with Crippen molar-refractivity contribution in [3.8, 4) is 11.5 Å². The first-order valence-corrected chi connectivity index (χ1v) is 7.10. The maximum atomic E-state index is 5.98. The van der Waals surface area contributed by atoms with Gasteiger partial charge in [0.1, 0.15) is 5.69 Å². The zero-order chi connectivity index (χ0) is 13.8.